The van der Waals surface area contributed by atoms with Crippen LogP contribution in [-0.2, 0) is 4.74 Å². The van der Waals surface area contributed by atoms with E-state index in [1.807, 2.05) is 42.6 Å². The summed E-state index contributed by atoms with van der Waals surface area (Å²) in [7, 11) is 1.40. The summed E-state index contributed by atoms with van der Waals surface area (Å²) in [6, 6.07) is 16.4. The number of hydrogen-bond acceptors (Lipinski definition) is 4. The van der Waals surface area contributed by atoms with E-state index in [1.54, 1.807) is 0 Å². The monoisotopic (exact) mass is 488 g/mol. The Hall–Kier alpha value is -3.19. The average molecular weight is 489 g/mol. The number of carbonyl (C=O) groups is 1. The standard InChI is InChI=1S/C28H32N4O2S/c1-18-17-23(19(2)31(18)22-14-12-20(13-15-22)27(33)34-3)26-25(24-11-7-8-16-29-24)30-28(35)32(26)21-9-5-4-6-10-21/h7-8,11-17,21,25-26H,4-6,9-10H2,1-3H3,(H,30,35)/t25-,26+/m0/s1. The Morgan fingerprint density at radius 2 is 1.83 bits per heavy atom. The molecule has 182 valence electrons. The SMILES string of the molecule is COC(=O)c1ccc(-n2c(C)cc([C@@H]3[C@H](c4ccccn4)NC(=S)N3C3CCCCC3)c2C)cc1. The lowest BCUT2D eigenvalue weighted by atomic mass is 9.90. The maximum Gasteiger partial charge on any atom is 0.337 e. The first-order valence-electron chi connectivity index (χ1n) is 12.4. The number of esters is 1. The third-order valence-electron chi connectivity index (χ3n) is 7.44. The molecule has 0 radical (unpaired) electrons. The van der Waals surface area contributed by atoms with Gasteiger partial charge >= 0.3 is 5.97 Å². The number of rotatable bonds is 5. The Morgan fingerprint density at radius 3 is 2.49 bits per heavy atom. The molecule has 2 atom stereocenters. The highest BCUT2D eigenvalue weighted by molar-refractivity contribution is 7.80. The Bertz CT molecular complexity index is 1220. The van der Waals surface area contributed by atoms with Gasteiger partial charge in [-0.15, -0.1) is 0 Å². The van der Waals surface area contributed by atoms with E-state index in [0.717, 1.165) is 22.2 Å². The van der Waals surface area contributed by atoms with Crippen LogP contribution in [0.2, 0.25) is 0 Å². The molecular weight excluding hydrogens is 456 g/mol. The van der Waals surface area contributed by atoms with Crippen molar-refractivity contribution in [3.05, 3.63) is 82.9 Å². The molecule has 35 heavy (non-hydrogen) atoms. The molecule has 1 saturated heterocycles. The molecular formula is C28H32N4O2S. The maximum atomic E-state index is 11.9. The van der Waals surface area contributed by atoms with E-state index in [-0.39, 0.29) is 18.1 Å². The number of ether oxygens (including phenoxy) is 1. The van der Waals surface area contributed by atoms with Crippen LogP contribution in [0.15, 0.2) is 54.7 Å². The number of aryl methyl sites for hydroxylation is 1. The molecule has 1 N–H and O–H groups in total. The van der Waals surface area contributed by atoms with Gasteiger partial charge in [0.1, 0.15) is 0 Å². The molecule has 2 aliphatic rings. The summed E-state index contributed by atoms with van der Waals surface area (Å²) in [6.07, 6.45) is 7.98. The zero-order valence-corrected chi connectivity index (χ0v) is 21.3. The van der Waals surface area contributed by atoms with Crippen LogP contribution in [0.1, 0.15) is 77.2 Å². The first-order valence-corrected chi connectivity index (χ1v) is 12.8. The van der Waals surface area contributed by atoms with Crippen LogP contribution in [0, 0.1) is 13.8 Å². The van der Waals surface area contributed by atoms with Crippen molar-refractivity contribution < 1.29 is 9.53 Å². The van der Waals surface area contributed by atoms with E-state index in [1.165, 1.54) is 50.5 Å². The van der Waals surface area contributed by atoms with Crippen LogP contribution in [0.4, 0.5) is 0 Å². The number of nitrogens with one attached hydrogen (secondary N) is 1. The van der Waals surface area contributed by atoms with Crippen molar-refractivity contribution in [2.75, 3.05) is 7.11 Å². The molecule has 2 aromatic heterocycles. The molecule has 0 unspecified atom stereocenters. The number of aromatic nitrogens is 2. The van der Waals surface area contributed by atoms with E-state index in [0.29, 0.717) is 11.6 Å². The molecule has 2 fully saturated rings. The number of thiocarbonyl (C=S) groups is 1. The second-order valence-corrected chi connectivity index (χ2v) is 9.91. The van der Waals surface area contributed by atoms with E-state index in [4.69, 9.17) is 21.9 Å². The lowest BCUT2D eigenvalue weighted by molar-refractivity contribution is 0.0600. The van der Waals surface area contributed by atoms with Gasteiger partial charge in [-0.1, -0.05) is 25.3 Å². The summed E-state index contributed by atoms with van der Waals surface area (Å²) in [5, 5.41) is 4.45. The molecule has 3 aromatic rings. The Morgan fingerprint density at radius 1 is 1.09 bits per heavy atom. The van der Waals surface area contributed by atoms with Gasteiger partial charge in [-0.3, -0.25) is 4.98 Å². The van der Waals surface area contributed by atoms with Crippen molar-refractivity contribution in [1.82, 2.24) is 19.8 Å². The molecule has 5 rings (SSSR count). The lowest BCUT2D eigenvalue weighted by Crippen LogP contribution is -2.40. The van der Waals surface area contributed by atoms with Gasteiger partial charge < -0.3 is 19.5 Å². The maximum absolute atomic E-state index is 11.9. The third-order valence-corrected chi connectivity index (χ3v) is 7.77. The van der Waals surface area contributed by atoms with Gasteiger partial charge in [0.25, 0.3) is 0 Å². The van der Waals surface area contributed by atoms with Crippen molar-refractivity contribution in [2.45, 2.75) is 64.1 Å². The summed E-state index contributed by atoms with van der Waals surface area (Å²) in [5.41, 5.74) is 6.14. The minimum absolute atomic E-state index is 0.0127. The summed E-state index contributed by atoms with van der Waals surface area (Å²) in [4.78, 5) is 19.1. The fourth-order valence-corrected chi connectivity index (χ4v) is 6.19. The molecule has 1 aromatic carbocycles. The predicted octanol–water partition coefficient (Wildman–Crippen LogP) is 5.58. The largest absolute Gasteiger partial charge is 0.465 e. The van der Waals surface area contributed by atoms with E-state index in [2.05, 4.69) is 40.8 Å². The highest BCUT2D eigenvalue weighted by Crippen LogP contribution is 2.44. The van der Waals surface area contributed by atoms with Gasteiger partial charge in [0, 0.05) is 29.3 Å². The van der Waals surface area contributed by atoms with Gasteiger partial charge in [0.2, 0.25) is 0 Å². The van der Waals surface area contributed by atoms with Gasteiger partial charge in [0.05, 0.1) is 30.5 Å². The van der Waals surface area contributed by atoms with Crippen LogP contribution < -0.4 is 5.32 Å². The number of nitrogens with zero attached hydrogens (tertiary/aromatic N) is 3. The quantitative estimate of drug-likeness (QED) is 0.374. The average Bonchev–Trinajstić information content (AvgIpc) is 3.39. The van der Waals surface area contributed by atoms with Crippen molar-refractivity contribution >= 4 is 23.3 Å². The Labute approximate surface area is 212 Å². The van der Waals surface area contributed by atoms with Crippen molar-refractivity contribution in [2.24, 2.45) is 0 Å². The molecule has 7 heteroatoms. The fraction of sp³-hybridized carbons (Fsp3) is 0.393. The second-order valence-electron chi connectivity index (χ2n) is 9.53. The van der Waals surface area contributed by atoms with E-state index >= 15 is 0 Å². The molecule has 6 nitrogen and oxygen atoms in total. The smallest absolute Gasteiger partial charge is 0.337 e. The molecule has 3 heterocycles. The minimum Gasteiger partial charge on any atom is -0.465 e. The molecule has 1 saturated carbocycles. The van der Waals surface area contributed by atoms with Crippen LogP contribution in [0.25, 0.3) is 5.69 Å². The van der Waals surface area contributed by atoms with Gasteiger partial charge in [-0.25, -0.2) is 4.79 Å². The van der Waals surface area contributed by atoms with Crippen LogP contribution >= 0.6 is 12.2 Å². The van der Waals surface area contributed by atoms with Crippen molar-refractivity contribution in [3.63, 3.8) is 0 Å². The fourth-order valence-electron chi connectivity index (χ4n) is 5.80. The molecule has 1 aliphatic carbocycles. The lowest BCUT2D eigenvalue weighted by Gasteiger charge is -2.37. The highest BCUT2D eigenvalue weighted by Gasteiger charge is 2.44. The van der Waals surface area contributed by atoms with Crippen molar-refractivity contribution in [1.29, 1.82) is 0 Å². The van der Waals surface area contributed by atoms with Gasteiger partial charge in [-0.2, -0.15) is 0 Å². The highest BCUT2D eigenvalue weighted by atomic mass is 32.1. The van der Waals surface area contributed by atoms with Crippen LogP contribution in [0.3, 0.4) is 0 Å². The summed E-state index contributed by atoms with van der Waals surface area (Å²) >= 11 is 5.94. The van der Waals surface area contributed by atoms with Gasteiger partial charge in [0.15, 0.2) is 5.11 Å². The van der Waals surface area contributed by atoms with Crippen LogP contribution in [0.5, 0.6) is 0 Å². The normalized spacial score (nSPS) is 20.7. The van der Waals surface area contributed by atoms with Gasteiger partial charge in [-0.05, 0) is 86.9 Å². The first-order chi connectivity index (χ1) is 17.0. The summed E-state index contributed by atoms with van der Waals surface area (Å²) in [5.74, 6) is -0.329. The Kier molecular flexibility index (Phi) is 6.60. The minimum atomic E-state index is -0.329. The molecule has 0 amide bonds. The number of carbonyl (C=O) groups excluding carboxylic acids is 1. The predicted molar refractivity (Wildman–Crippen MR) is 141 cm³/mol. The zero-order chi connectivity index (χ0) is 24.5. The number of benzene rings is 1. The second kappa shape index (κ2) is 9.82. The topological polar surface area (TPSA) is 59.4 Å². The first kappa shape index (κ1) is 23.5. The zero-order valence-electron chi connectivity index (χ0n) is 20.5. The molecule has 1 aliphatic heterocycles. The molecule has 0 bridgehead atoms. The molecule has 0 spiro atoms. The Balaban J connectivity index is 1.58. The van der Waals surface area contributed by atoms with E-state index in [9.17, 15) is 4.79 Å². The summed E-state index contributed by atoms with van der Waals surface area (Å²) < 4.78 is 7.11. The number of methoxy groups -OCH3 is 1. The number of pyridine rings is 1. The summed E-state index contributed by atoms with van der Waals surface area (Å²) in [6.45, 7) is 4.30. The number of hydrogen-bond donors (Lipinski definition) is 1. The third kappa shape index (κ3) is 4.33. The van der Waals surface area contributed by atoms with Crippen molar-refractivity contribution in [3.8, 4) is 5.69 Å². The van der Waals surface area contributed by atoms with Crippen LogP contribution in [-0.4, -0.2) is 38.7 Å². The van der Waals surface area contributed by atoms with E-state index < -0.39 is 0 Å².